The summed E-state index contributed by atoms with van der Waals surface area (Å²) in [5.41, 5.74) is -1.12. The number of nitrogens with zero attached hydrogens (tertiary/aromatic N) is 1. The van der Waals surface area contributed by atoms with Crippen molar-refractivity contribution in [2.75, 3.05) is 19.8 Å². The zero-order chi connectivity index (χ0) is 28.6. The Balaban J connectivity index is 2.04. The number of amides is 1. The van der Waals surface area contributed by atoms with Gasteiger partial charge in [0.1, 0.15) is 11.4 Å². The van der Waals surface area contributed by atoms with Crippen LogP contribution in [0.3, 0.4) is 0 Å². The van der Waals surface area contributed by atoms with Crippen molar-refractivity contribution in [2.45, 2.75) is 57.3 Å². The van der Waals surface area contributed by atoms with Gasteiger partial charge in [0.25, 0.3) is 5.91 Å². The van der Waals surface area contributed by atoms with Gasteiger partial charge in [0.05, 0.1) is 6.61 Å². The molecule has 2 aromatic carbocycles. The summed E-state index contributed by atoms with van der Waals surface area (Å²) in [5, 5.41) is 12.5. The molecule has 2 atom stereocenters. The molecular formula is C29H34Cl2N2O6. The van der Waals surface area contributed by atoms with E-state index in [0.29, 0.717) is 39.9 Å². The molecular weight excluding hydrogens is 543 g/mol. The van der Waals surface area contributed by atoms with Gasteiger partial charge in [-0.05, 0) is 63.6 Å². The van der Waals surface area contributed by atoms with E-state index in [1.54, 1.807) is 69.3 Å². The third kappa shape index (κ3) is 7.97. The fourth-order valence-electron chi connectivity index (χ4n) is 4.06. The van der Waals surface area contributed by atoms with Crippen molar-refractivity contribution in [3.8, 4) is 5.75 Å². The quantitative estimate of drug-likeness (QED) is 0.198. The Labute approximate surface area is 239 Å². The minimum atomic E-state index is -1.54. The van der Waals surface area contributed by atoms with Gasteiger partial charge in [-0.3, -0.25) is 9.59 Å². The highest BCUT2D eigenvalue weighted by atomic mass is 35.5. The number of hydrogen-bond acceptors (Lipinski definition) is 7. The van der Waals surface area contributed by atoms with Gasteiger partial charge in [-0.2, -0.15) is 0 Å². The number of aliphatic hydroxyl groups is 1. The van der Waals surface area contributed by atoms with E-state index in [9.17, 15) is 9.59 Å². The maximum Gasteiger partial charge on any atom is 0.306 e. The molecule has 10 heteroatoms. The zero-order valence-electron chi connectivity index (χ0n) is 22.3. The highest BCUT2D eigenvalue weighted by molar-refractivity contribution is 6.35. The number of ether oxygens (including phenoxy) is 3. The summed E-state index contributed by atoms with van der Waals surface area (Å²) in [5.74, 6) is -0.0813. The van der Waals surface area contributed by atoms with E-state index in [1.165, 1.54) is 0 Å². The molecule has 0 spiro atoms. The summed E-state index contributed by atoms with van der Waals surface area (Å²) in [7, 11) is 0. The molecule has 0 aromatic heterocycles. The molecule has 2 aromatic rings. The summed E-state index contributed by atoms with van der Waals surface area (Å²) < 4.78 is 17.5. The molecule has 0 fully saturated rings. The van der Waals surface area contributed by atoms with Gasteiger partial charge in [0.15, 0.2) is 11.6 Å². The average Bonchev–Trinajstić information content (AvgIpc) is 3.26. The molecule has 0 aliphatic carbocycles. The van der Waals surface area contributed by atoms with Gasteiger partial charge >= 0.3 is 5.97 Å². The molecule has 0 bridgehead atoms. The number of benzene rings is 2. The van der Waals surface area contributed by atoms with Crippen molar-refractivity contribution in [1.29, 1.82) is 0 Å². The summed E-state index contributed by atoms with van der Waals surface area (Å²) in [6.07, 6.45) is 1.03. The van der Waals surface area contributed by atoms with Crippen LogP contribution in [0.2, 0.25) is 10.0 Å². The predicted molar refractivity (Wildman–Crippen MR) is 151 cm³/mol. The summed E-state index contributed by atoms with van der Waals surface area (Å²) in [4.78, 5) is 31.3. The Morgan fingerprint density at radius 2 is 1.92 bits per heavy atom. The van der Waals surface area contributed by atoms with Crippen LogP contribution in [-0.4, -0.2) is 53.8 Å². The third-order valence-corrected chi connectivity index (χ3v) is 6.37. The molecule has 1 aliphatic rings. The van der Waals surface area contributed by atoms with Gasteiger partial charge in [-0.1, -0.05) is 35.3 Å². The fraction of sp³-hybridized carbons (Fsp3) is 0.414. The summed E-state index contributed by atoms with van der Waals surface area (Å²) in [6, 6.07) is 11.9. The predicted octanol–water partition coefficient (Wildman–Crippen LogP) is 5.44. The molecule has 2 N–H and O–H groups in total. The lowest BCUT2D eigenvalue weighted by Gasteiger charge is -2.31. The first kappa shape index (κ1) is 30.5. The van der Waals surface area contributed by atoms with Crippen LogP contribution in [0.4, 0.5) is 0 Å². The number of nitrogens with one attached hydrogen (secondary N) is 1. The van der Waals surface area contributed by atoms with Crippen molar-refractivity contribution in [3.05, 3.63) is 76.3 Å². The first-order valence-corrected chi connectivity index (χ1v) is 13.4. The largest absolute Gasteiger partial charge is 0.494 e. The summed E-state index contributed by atoms with van der Waals surface area (Å²) in [6.45, 7) is 9.62. The molecule has 1 heterocycles. The molecule has 3 rings (SSSR count). The maximum absolute atomic E-state index is 13.8. The number of esters is 1. The average molecular weight is 578 g/mol. The zero-order valence-corrected chi connectivity index (χ0v) is 23.8. The lowest BCUT2D eigenvalue weighted by Crippen LogP contribution is -2.48. The number of aliphatic hydroxyl groups excluding tert-OH is 1. The highest BCUT2D eigenvalue weighted by Crippen LogP contribution is 2.45. The van der Waals surface area contributed by atoms with E-state index >= 15 is 0 Å². The lowest BCUT2D eigenvalue weighted by atomic mass is 9.83. The molecule has 0 radical (unpaired) electrons. The van der Waals surface area contributed by atoms with Crippen molar-refractivity contribution in [2.24, 2.45) is 4.99 Å². The standard InChI is InChI=1S/C29H34Cl2N2O6/c1-5-15-32-27(36)29(14-13-24(35)39-28(2,3)4)25(22-12-9-20(30)18-23(22)31)38-26(33-29)19-7-10-21(11-8-19)37-17-6-16-34/h5,7-12,18,25,34H,1,6,13-17H2,2-4H3,(H,32,36)/t25-,29-/m1/s1. The Kier molecular flexibility index (Phi) is 10.4. The van der Waals surface area contributed by atoms with Crippen LogP contribution < -0.4 is 10.1 Å². The van der Waals surface area contributed by atoms with Crippen LogP contribution in [0.5, 0.6) is 5.75 Å². The second-order valence-electron chi connectivity index (χ2n) is 10.0. The van der Waals surface area contributed by atoms with Gasteiger partial charge < -0.3 is 24.6 Å². The SMILES string of the molecule is C=CCNC(=O)[C@]1(CCC(=O)OC(C)(C)C)N=C(c2ccc(OCCCO)cc2)O[C@@H]1c1ccc(Cl)cc1Cl. The van der Waals surface area contributed by atoms with Crippen LogP contribution in [0.1, 0.15) is 57.3 Å². The van der Waals surface area contributed by atoms with E-state index in [1.807, 2.05) is 0 Å². The normalized spacial score (nSPS) is 18.6. The second-order valence-corrected chi connectivity index (χ2v) is 10.9. The molecule has 1 aliphatic heterocycles. The Hall–Kier alpha value is -3.07. The minimum absolute atomic E-state index is 0.000363. The molecule has 0 unspecified atom stereocenters. The monoisotopic (exact) mass is 576 g/mol. The number of halogens is 2. The van der Waals surface area contributed by atoms with Gasteiger partial charge in [-0.15, -0.1) is 6.58 Å². The minimum Gasteiger partial charge on any atom is -0.494 e. The maximum atomic E-state index is 13.8. The van der Waals surface area contributed by atoms with Gasteiger partial charge in [-0.25, -0.2) is 4.99 Å². The van der Waals surface area contributed by atoms with Crippen LogP contribution in [0.25, 0.3) is 0 Å². The Morgan fingerprint density at radius 3 is 2.54 bits per heavy atom. The smallest absolute Gasteiger partial charge is 0.306 e. The van der Waals surface area contributed by atoms with E-state index in [-0.39, 0.29) is 31.9 Å². The van der Waals surface area contributed by atoms with E-state index < -0.39 is 29.1 Å². The number of hydrogen-bond donors (Lipinski definition) is 2. The van der Waals surface area contributed by atoms with Crippen LogP contribution in [0.15, 0.2) is 60.1 Å². The molecule has 210 valence electrons. The second kappa shape index (κ2) is 13.3. The van der Waals surface area contributed by atoms with E-state index in [0.717, 1.165) is 0 Å². The molecule has 0 saturated heterocycles. The van der Waals surface area contributed by atoms with Crippen LogP contribution in [0, 0.1) is 0 Å². The number of aliphatic imine (C=N–C) groups is 1. The van der Waals surface area contributed by atoms with Crippen molar-refractivity contribution in [3.63, 3.8) is 0 Å². The van der Waals surface area contributed by atoms with Crippen LogP contribution >= 0.6 is 23.2 Å². The van der Waals surface area contributed by atoms with Gasteiger partial charge in [0.2, 0.25) is 5.90 Å². The third-order valence-electron chi connectivity index (χ3n) is 5.81. The summed E-state index contributed by atoms with van der Waals surface area (Å²) >= 11 is 12.7. The first-order valence-electron chi connectivity index (χ1n) is 12.7. The van der Waals surface area contributed by atoms with Crippen molar-refractivity contribution >= 4 is 41.0 Å². The topological polar surface area (TPSA) is 106 Å². The van der Waals surface area contributed by atoms with Crippen molar-refractivity contribution in [1.82, 2.24) is 5.32 Å². The first-order chi connectivity index (χ1) is 18.5. The fourth-order valence-corrected chi connectivity index (χ4v) is 4.57. The van der Waals surface area contributed by atoms with Crippen LogP contribution in [-0.2, 0) is 19.1 Å². The number of carbonyl (C=O) groups is 2. The Morgan fingerprint density at radius 1 is 1.21 bits per heavy atom. The molecule has 1 amide bonds. The number of rotatable bonds is 12. The van der Waals surface area contributed by atoms with Gasteiger partial charge in [0, 0.05) is 47.2 Å². The lowest BCUT2D eigenvalue weighted by molar-refractivity contribution is -0.155. The Bertz CT molecular complexity index is 1210. The van der Waals surface area contributed by atoms with Crippen molar-refractivity contribution < 1.29 is 28.9 Å². The van der Waals surface area contributed by atoms with E-state index in [2.05, 4.69) is 11.9 Å². The molecule has 0 saturated carbocycles. The molecule has 39 heavy (non-hydrogen) atoms. The van der Waals surface area contributed by atoms with E-state index in [4.69, 9.17) is 47.5 Å². The molecule has 8 nitrogen and oxygen atoms in total. The highest BCUT2D eigenvalue weighted by Gasteiger charge is 2.53. The number of carbonyl (C=O) groups excluding carboxylic acids is 2.